The number of aliphatic imine (C=N–C) groups is 1. The van der Waals surface area contributed by atoms with Crippen molar-refractivity contribution >= 4 is 12.0 Å². The van der Waals surface area contributed by atoms with Gasteiger partial charge in [-0.15, -0.1) is 0 Å². The van der Waals surface area contributed by atoms with E-state index in [1.807, 2.05) is 41.5 Å². The molecule has 1 saturated carbocycles. The van der Waals surface area contributed by atoms with E-state index < -0.39 is 30.0 Å². The van der Waals surface area contributed by atoms with Crippen LogP contribution in [0.2, 0.25) is 0 Å². The van der Waals surface area contributed by atoms with E-state index in [0.29, 0.717) is 5.90 Å². The van der Waals surface area contributed by atoms with Gasteiger partial charge in [0.1, 0.15) is 17.8 Å². The minimum atomic E-state index is -0.700. The quantitative estimate of drug-likeness (QED) is 0.801. The van der Waals surface area contributed by atoms with E-state index >= 15 is 0 Å². The largest absolute Gasteiger partial charge is 0.483 e. The van der Waals surface area contributed by atoms with Gasteiger partial charge < -0.3 is 14.6 Å². The molecule has 0 aromatic rings. The molecule has 1 aliphatic carbocycles. The first kappa shape index (κ1) is 21.0. The van der Waals surface area contributed by atoms with Crippen LogP contribution >= 0.6 is 0 Å². The summed E-state index contributed by atoms with van der Waals surface area (Å²) in [5, 5.41) is 11.2. The number of hydrogen-bond acceptors (Lipinski definition) is 5. The highest BCUT2D eigenvalue weighted by Gasteiger charge is 2.51. The van der Waals surface area contributed by atoms with E-state index in [1.165, 1.54) is 6.42 Å². The third-order valence-electron chi connectivity index (χ3n) is 5.11. The molecule has 0 radical (unpaired) electrons. The molecule has 0 aromatic carbocycles. The highest BCUT2D eigenvalue weighted by Crippen LogP contribution is 2.38. The molecule has 1 fully saturated rings. The Hall–Kier alpha value is -1.30. The highest BCUT2D eigenvalue weighted by molar-refractivity contribution is 5.89. The first-order chi connectivity index (χ1) is 12.0. The number of aliphatic hydroxyl groups excluding tert-OH is 1. The van der Waals surface area contributed by atoms with Crippen molar-refractivity contribution in [3.05, 3.63) is 0 Å². The van der Waals surface area contributed by atoms with Crippen LogP contribution in [0.3, 0.4) is 0 Å². The normalized spacial score (nSPS) is 26.5. The number of rotatable bonds is 2. The molecular formula is C20H36N2O4. The molecule has 0 bridgehead atoms. The molecule has 150 valence electrons. The van der Waals surface area contributed by atoms with Crippen LogP contribution in [0.1, 0.15) is 73.6 Å². The second kappa shape index (κ2) is 7.75. The lowest BCUT2D eigenvalue weighted by Gasteiger charge is -2.40. The number of aliphatic hydroxyl groups is 1. The Bertz CT molecular complexity index is 527. The zero-order valence-corrected chi connectivity index (χ0v) is 17.4. The fourth-order valence-electron chi connectivity index (χ4n) is 3.89. The maximum absolute atomic E-state index is 13.0. The van der Waals surface area contributed by atoms with Crippen LogP contribution < -0.4 is 0 Å². The van der Waals surface area contributed by atoms with Gasteiger partial charge in [0.2, 0.25) is 5.90 Å². The van der Waals surface area contributed by atoms with Gasteiger partial charge in [0.25, 0.3) is 0 Å². The number of methoxy groups -OCH3 is 1. The Kier molecular flexibility index (Phi) is 6.26. The molecule has 2 aliphatic rings. The molecule has 1 N–H and O–H groups in total. The maximum Gasteiger partial charge on any atom is 0.412 e. The summed E-state index contributed by atoms with van der Waals surface area (Å²) < 4.78 is 11.2. The van der Waals surface area contributed by atoms with E-state index in [1.54, 1.807) is 12.0 Å². The number of hydrogen-bond donors (Lipinski definition) is 1. The standard InChI is InChI=1S/C20H36N2O4/c1-19(2,3)17-21-16(25-7)14(15(23)13-11-9-8-10-12-13)22(17)18(24)26-20(4,5)6/h13-15,17,23H,8-12H2,1-7H3/t14-,15-,17-/m0/s1. The number of carbonyl (C=O) groups excluding carboxylic acids is 1. The van der Waals surface area contributed by atoms with Crippen molar-refractivity contribution in [3.8, 4) is 0 Å². The van der Waals surface area contributed by atoms with Crippen LogP contribution in [0, 0.1) is 11.3 Å². The van der Waals surface area contributed by atoms with Gasteiger partial charge in [0, 0.05) is 5.41 Å². The lowest BCUT2D eigenvalue weighted by molar-refractivity contribution is -0.0295. The van der Waals surface area contributed by atoms with Crippen LogP contribution in [-0.2, 0) is 9.47 Å². The Balaban J connectivity index is 2.36. The monoisotopic (exact) mass is 368 g/mol. The lowest BCUT2D eigenvalue weighted by atomic mass is 9.82. The Labute approximate surface area is 157 Å². The minimum Gasteiger partial charge on any atom is -0.483 e. The van der Waals surface area contributed by atoms with Gasteiger partial charge in [-0.1, -0.05) is 40.0 Å². The molecule has 1 amide bonds. The summed E-state index contributed by atoms with van der Waals surface area (Å²) in [5.41, 5.74) is -0.919. The Morgan fingerprint density at radius 1 is 1.15 bits per heavy atom. The fraction of sp³-hybridized carbons (Fsp3) is 0.900. The third-order valence-corrected chi connectivity index (χ3v) is 5.11. The number of carbonyl (C=O) groups is 1. The average molecular weight is 369 g/mol. The first-order valence-corrected chi connectivity index (χ1v) is 9.77. The summed E-state index contributed by atoms with van der Waals surface area (Å²) in [4.78, 5) is 19.3. The van der Waals surface area contributed by atoms with Crippen molar-refractivity contribution in [3.63, 3.8) is 0 Å². The summed E-state index contributed by atoms with van der Waals surface area (Å²) in [7, 11) is 1.55. The summed E-state index contributed by atoms with van der Waals surface area (Å²) in [6.45, 7) is 11.6. The van der Waals surface area contributed by atoms with Crippen LogP contribution in [0.15, 0.2) is 4.99 Å². The van der Waals surface area contributed by atoms with Crippen molar-refractivity contribution in [2.75, 3.05) is 7.11 Å². The van der Waals surface area contributed by atoms with Crippen molar-refractivity contribution in [1.82, 2.24) is 4.90 Å². The Morgan fingerprint density at radius 2 is 1.73 bits per heavy atom. The zero-order chi connectivity index (χ0) is 19.7. The van der Waals surface area contributed by atoms with Crippen molar-refractivity contribution in [2.45, 2.75) is 97.6 Å². The third kappa shape index (κ3) is 4.70. The van der Waals surface area contributed by atoms with E-state index in [9.17, 15) is 9.90 Å². The van der Waals surface area contributed by atoms with Gasteiger partial charge in [0.15, 0.2) is 0 Å². The lowest BCUT2D eigenvalue weighted by Crippen LogP contribution is -2.56. The number of ether oxygens (including phenoxy) is 2. The molecule has 1 heterocycles. The molecule has 1 aliphatic heterocycles. The molecule has 0 spiro atoms. The molecule has 26 heavy (non-hydrogen) atoms. The predicted octanol–water partition coefficient (Wildman–Crippen LogP) is 3.96. The molecule has 3 atom stereocenters. The maximum atomic E-state index is 13.0. The molecule has 2 rings (SSSR count). The molecule has 6 nitrogen and oxygen atoms in total. The summed E-state index contributed by atoms with van der Waals surface area (Å²) in [6.07, 6.45) is 3.79. The zero-order valence-electron chi connectivity index (χ0n) is 17.4. The van der Waals surface area contributed by atoms with Gasteiger partial charge in [-0.3, -0.25) is 4.90 Å². The SMILES string of the molecule is COC1=N[C@H](C(C)(C)C)N(C(=O)OC(C)(C)C)[C@H]1[C@@H](O)C1CCCCC1. The van der Waals surface area contributed by atoms with Crippen LogP contribution in [0.5, 0.6) is 0 Å². The molecule has 0 saturated heterocycles. The van der Waals surface area contributed by atoms with Crippen molar-refractivity contribution < 1.29 is 19.4 Å². The van der Waals surface area contributed by atoms with Gasteiger partial charge in [0.05, 0.1) is 13.2 Å². The minimum absolute atomic E-state index is 0.151. The van der Waals surface area contributed by atoms with Crippen molar-refractivity contribution in [2.24, 2.45) is 16.3 Å². The van der Waals surface area contributed by atoms with Gasteiger partial charge in [-0.2, -0.15) is 0 Å². The van der Waals surface area contributed by atoms with E-state index in [4.69, 9.17) is 9.47 Å². The van der Waals surface area contributed by atoms with Crippen LogP contribution in [-0.4, -0.2) is 53.0 Å². The highest BCUT2D eigenvalue weighted by atomic mass is 16.6. The van der Waals surface area contributed by atoms with Gasteiger partial charge >= 0.3 is 6.09 Å². The van der Waals surface area contributed by atoms with Gasteiger partial charge in [-0.25, -0.2) is 9.79 Å². The van der Waals surface area contributed by atoms with Gasteiger partial charge in [-0.05, 0) is 39.5 Å². The molecule has 0 unspecified atom stereocenters. The fourth-order valence-corrected chi connectivity index (χ4v) is 3.89. The molecule has 6 heteroatoms. The summed E-state index contributed by atoms with van der Waals surface area (Å²) in [6, 6.07) is -0.595. The summed E-state index contributed by atoms with van der Waals surface area (Å²) >= 11 is 0. The van der Waals surface area contributed by atoms with E-state index in [0.717, 1.165) is 25.7 Å². The predicted molar refractivity (Wildman–Crippen MR) is 102 cm³/mol. The second-order valence-electron chi connectivity index (χ2n) is 9.63. The second-order valence-corrected chi connectivity index (χ2v) is 9.63. The van der Waals surface area contributed by atoms with Crippen LogP contribution in [0.25, 0.3) is 0 Å². The average Bonchev–Trinajstić information content (AvgIpc) is 2.93. The molecular weight excluding hydrogens is 332 g/mol. The smallest absolute Gasteiger partial charge is 0.412 e. The first-order valence-electron chi connectivity index (χ1n) is 9.77. The number of nitrogens with zero attached hydrogens (tertiary/aromatic N) is 2. The molecule has 0 aromatic heterocycles. The van der Waals surface area contributed by atoms with Crippen molar-refractivity contribution in [1.29, 1.82) is 0 Å². The topological polar surface area (TPSA) is 71.4 Å². The van der Waals surface area contributed by atoms with E-state index in [2.05, 4.69) is 4.99 Å². The van der Waals surface area contributed by atoms with Crippen LogP contribution in [0.4, 0.5) is 4.79 Å². The Morgan fingerprint density at radius 3 is 2.19 bits per heavy atom. The number of amides is 1. The van der Waals surface area contributed by atoms with E-state index in [-0.39, 0.29) is 11.3 Å². The summed E-state index contributed by atoms with van der Waals surface area (Å²) in [5.74, 6) is 0.576.